The van der Waals surface area contributed by atoms with Gasteiger partial charge in [0.2, 0.25) is 11.8 Å². The van der Waals surface area contributed by atoms with Crippen LogP contribution in [-0.4, -0.2) is 64.0 Å². The van der Waals surface area contributed by atoms with Crippen molar-refractivity contribution in [3.05, 3.63) is 0 Å². The highest BCUT2D eigenvalue weighted by Crippen LogP contribution is 2.01. The summed E-state index contributed by atoms with van der Waals surface area (Å²) in [5, 5.41) is 5.37. The second-order valence-corrected chi connectivity index (χ2v) is 4.81. The second kappa shape index (κ2) is 14.7. The lowest BCUT2D eigenvalue weighted by Gasteiger charge is -2.13. The van der Waals surface area contributed by atoms with Crippen LogP contribution in [0.5, 0.6) is 0 Å². The summed E-state index contributed by atoms with van der Waals surface area (Å²) in [6.45, 7) is 8.42. The Morgan fingerprint density at radius 3 is 1.95 bits per heavy atom. The zero-order valence-corrected chi connectivity index (χ0v) is 14.0. The highest BCUT2D eigenvalue weighted by molar-refractivity contribution is 5.77. The minimum atomic E-state index is -0.123. The van der Waals surface area contributed by atoms with Crippen LogP contribution in [-0.2, 0) is 23.8 Å². The number of carbonyl (C=O) groups excluding carboxylic acids is 2. The number of amides is 2. The first kappa shape index (κ1) is 20.8. The van der Waals surface area contributed by atoms with Gasteiger partial charge in [-0.1, -0.05) is 13.8 Å². The van der Waals surface area contributed by atoms with Gasteiger partial charge in [-0.15, -0.1) is 0 Å². The van der Waals surface area contributed by atoms with Gasteiger partial charge in [0, 0.05) is 20.0 Å². The average Bonchev–Trinajstić information content (AvgIpc) is 2.49. The summed E-state index contributed by atoms with van der Waals surface area (Å²) < 4.78 is 16.0. The quantitative estimate of drug-likeness (QED) is 0.455. The first-order valence-corrected chi connectivity index (χ1v) is 7.88. The number of hydrogen-bond donors (Lipinski definition) is 2. The van der Waals surface area contributed by atoms with Crippen LogP contribution in [0.2, 0.25) is 0 Å². The number of carbonyl (C=O) groups is 2. The minimum Gasteiger partial charge on any atom is -0.377 e. The van der Waals surface area contributed by atoms with Gasteiger partial charge in [0.05, 0.1) is 32.5 Å². The van der Waals surface area contributed by atoms with Gasteiger partial charge in [-0.2, -0.15) is 0 Å². The molecule has 0 bridgehead atoms. The van der Waals surface area contributed by atoms with Crippen molar-refractivity contribution in [2.24, 2.45) is 0 Å². The predicted molar refractivity (Wildman–Crippen MR) is 83.7 cm³/mol. The smallest absolute Gasteiger partial charge is 0.246 e. The second-order valence-electron chi connectivity index (χ2n) is 4.81. The van der Waals surface area contributed by atoms with E-state index in [9.17, 15) is 9.59 Å². The standard InChI is InChI=1S/C15H30N2O5/c1-4-14(5-2)22-12-15(19)17-7-9-21-11-10-20-8-6-16-13(3)18/h14H,4-12H2,1-3H3,(H,16,18)(H,17,19). The molecule has 0 aromatic rings. The maximum absolute atomic E-state index is 11.5. The molecule has 0 heterocycles. The highest BCUT2D eigenvalue weighted by Gasteiger charge is 2.06. The number of hydrogen-bond acceptors (Lipinski definition) is 5. The van der Waals surface area contributed by atoms with Crippen molar-refractivity contribution in [1.29, 1.82) is 0 Å². The molecule has 0 aliphatic rings. The lowest BCUT2D eigenvalue weighted by molar-refractivity contribution is -0.128. The molecule has 0 rings (SSSR count). The molecule has 0 saturated carbocycles. The Morgan fingerprint density at radius 2 is 1.45 bits per heavy atom. The summed E-state index contributed by atoms with van der Waals surface area (Å²) in [5.41, 5.74) is 0. The summed E-state index contributed by atoms with van der Waals surface area (Å²) in [6.07, 6.45) is 1.97. The predicted octanol–water partition coefficient (Wildman–Crippen LogP) is 0.477. The minimum absolute atomic E-state index is 0.0660. The summed E-state index contributed by atoms with van der Waals surface area (Å²) in [5.74, 6) is -0.189. The van der Waals surface area contributed by atoms with E-state index in [2.05, 4.69) is 10.6 Å². The van der Waals surface area contributed by atoms with Crippen molar-refractivity contribution >= 4 is 11.8 Å². The number of nitrogens with one attached hydrogen (secondary N) is 2. The fourth-order valence-electron chi connectivity index (χ4n) is 1.65. The SMILES string of the molecule is CCC(CC)OCC(=O)NCCOCCOCCNC(C)=O. The lowest BCUT2D eigenvalue weighted by atomic mass is 10.2. The van der Waals surface area contributed by atoms with E-state index < -0.39 is 0 Å². The Morgan fingerprint density at radius 1 is 0.909 bits per heavy atom. The molecule has 0 aromatic heterocycles. The van der Waals surface area contributed by atoms with Crippen LogP contribution in [0, 0.1) is 0 Å². The molecule has 0 atom stereocenters. The maximum Gasteiger partial charge on any atom is 0.246 e. The Labute approximate surface area is 133 Å². The summed E-state index contributed by atoms with van der Waals surface area (Å²) in [4.78, 5) is 22.1. The molecule has 0 saturated heterocycles. The van der Waals surface area contributed by atoms with E-state index >= 15 is 0 Å². The first-order chi connectivity index (χ1) is 10.6. The molecule has 130 valence electrons. The van der Waals surface area contributed by atoms with Gasteiger partial charge in [0.25, 0.3) is 0 Å². The average molecular weight is 318 g/mol. The number of ether oxygens (including phenoxy) is 3. The first-order valence-electron chi connectivity index (χ1n) is 7.88. The maximum atomic E-state index is 11.5. The van der Waals surface area contributed by atoms with Gasteiger partial charge < -0.3 is 24.8 Å². The molecule has 0 fully saturated rings. The van der Waals surface area contributed by atoms with Crippen molar-refractivity contribution in [1.82, 2.24) is 10.6 Å². The normalized spacial score (nSPS) is 10.7. The van der Waals surface area contributed by atoms with Crippen molar-refractivity contribution in [2.75, 3.05) is 46.1 Å². The number of rotatable bonds is 14. The molecule has 0 unspecified atom stereocenters. The van der Waals surface area contributed by atoms with Gasteiger partial charge in [0.1, 0.15) is 6.61 Å². The Hall–Kier alpha value is -1.18. The fourth-order valence-corrected chi connectivity index (χ4v) is 1.65. The third-order valence-corrected chi connectivity index (χ3v) is 2.92. The van der Waals surface area contributed by atoms with E-state index in [1.54, 1.807) is 0 Å². The largest absolute Gasteiger partial charge is 0.377 e. The molecule has 0 radical (unpaired) electrons. The van der Waals surface area contributed by atoms with Gasteiger partial charge in [0.15, 0.2) is 0 Å². The van der Waals surface area contributed by atoms with Crippen LogP contribution >= 0.6 is 0 Å². The Balaban J connectivity index is 3.28. The molecule has 0 spiro atoms. The van der Waals surface area contributed by atoms with Crippen molar-refractivity contribution in [3.63, 3.8) is 0 Å². The summed E-state index contributed by atoms with van der Waals surface area (Å²) >= 11 is 0. The Bertz CT molecular complexity index is 296. The Kier molecular flexibility index (Phi) is 14.0. The van der Waals surface area contributed by atoms with E-state index in [0.717, 1.165) is 12.8 Å². The van der Waals surface area contributed by atoms with Crippen molar-refractivity contribution in [2.45, 2.75) is 39.7 Å². The molecular formula is C15H30N2O5. The van der Waals surface area contributed by atoms with Crippen LogP contribution in [0.4, 0.5) is 0 Å². The monoisotopic (exact) mass is 318 g/mol. The third kappa shape index (κ3) is 13.8. The fraction of sp³-hybridized carbons (Fsp3) is 0.867. The van der Waals surface area contributed by atoms with Crippen LogP contribution in [0.1, 0.15) is 33.6 Å². The van der Waals surface area contributed by atoms with Crippen molar-refractivity contribution < 1.29 is 23.8 Å². The van der Waals surface area contributed by atoms with Gasteiger partial charge in [-0.25, -0.2) is 0 Å². The van der Waals surface area contributed by atoms with Gasteiger partial charge in [-0.3, -0.25) is 9.59 Å². The van der Waals surface area contributed by atoms with E-state index in [1.165, 1.54) is 6.92 Å². The highest BCUT2D eigenvalue weighted by atomic mass is 16.5. The zero-order chi connectivity index (χ0) is 16.6. The van der Waals surface area contributed by atoms with E-state index in [0.29, 0.717) is 39.5 Å². The molecule has 0 aromatic carbocycles. The van der Waals surface area contributed by atoms with Crippen LogP contribution in [0.25, 0.3) is 0 Å². The van der Waals surface area contributed by atoms with Crippen LogP contribution in [0.15, 0.2) is 0 Å². The summed E-state index contributed by atoms with van der Waals surface area (Å²) in [6, 6.07) is 0. The molecule has 7 heteroatoms. The topological polar surface area (TPSA) is 85.9 Å². The molecule has 2 amide bonds. The van der Waals surface area contributed by atoms with Crippen LogP contribution in [0.3, 0.4) is 0 Å². The molecule has 0 aliphatic heterocycles. The van der Waals surface area contributed by atoms with E-state index in [1.807, 2.05) is 13.8 Å². The van der Waals surface area contributed by atoms with Gasteiger partial charge >= 0.3 is 0 Å². The van der Waals surface area contributed by atoms with E-state index in [-0.39, 0.29) is 24.5 Å². The zero-order valence-electron chi connectivity index (χ0n) is 14.0. The van der Waals surface area contributed by atoms with Gasteiger partial charge in [-0.05, 0) is 12.8 Å². The van der Waals surface area contributed by atoms with Crippen LogP contribution < -0.4 is 10.6 Å². The summed E-state index contributed by atoms with van der Waals surface area (Å²) in [7, 11) is 0. The lowest BCUT2D eigenvalue weighted by Crippen LogP contribution is -2.32. The molecular weight excluding hydrogens is 288 g/mol. The molecule has 0 aliphatic carbocycles. The third-order valence-electron chi connectivity index (χ3n) is 2.92. The van der Waals surface area contributed by atoms with E-state index in [4.69, 9.17) is 14.2 Å². The molecule has 2 N–H and O–H groups in total. The molecule has 7 nitrogen and oxygen atoms in total. The molecule has 22 heavy (non-hydrogen) atoms. The van der Waals surface area contributed by atoms with Crippen molar-refractivity contribution in [3.8, 4) is 0 Å².